The van der Waals surface area contributed by atoms with Crippen LogP contribution in [-0.4, -0.2) is 12.1 Å². The molecule has 1 fully saturated rings. The molecule has 0 spiro atoms. The number of halogens is 1. The minimum Gasteiger partial charge on any atom is -0.547 e. The average Bonchev–Trinajstić information content (AvgIpc) is 2.85. The summed E-state index contributed by atoms with van der Waals surface area (Å²) < 4.78 is 5.89. The molecule has 2 atom stereocenters. The third kappa shape index (κ3) is 2.58. The van der Waals surface area contributed by atoms with Gasteiger partial charge in [-0.2, -0.15) is 0 Å². The molecule has 2 rings (SSSR count). The van der Waals surface area contributed by atoms with Crippen molar-refractivity contribution in [3.63, 3.8) is 0 Å². The summed E-state index contributed by atoms with van der Waals surface area (Å²) in [6.07, 6.45) is -1.08. The van der Waals surface area contributed by atoms with Gasteiger partial charge in [0.15, 0.2) is 0 Å². The average molecular weight is 265 g/mol. The van der Waals surface area contributed by atoms with Gasteiger partial charge in [0.1, 0.15) is 12.2 Å². The van der Waals surface area contributed by atoms with E-state index in [-0.39, 0.29) is 35.7 Å². The predicted molar refractivity (Wildman–Crippen MR) is 46.8 cm³/mol. The van der Waals surface area contributed by atoms with Crippen LogP contribution in [0.15, 0.2) is 28.7 Å². The minimum absolute atomic E-state index is 0. The van der Waals surface area contributed by atoms with Crippen molar-refractivity contribution < 1.29 is 44.2 Å². The van der Waals surface area contributed by atoms with Crippen molar-refractivity contribution >= 4 is 21.9 Å². The number of ether oxygens (including phenoxy) is 1. The standard InChI is InChI=1S/C9H7BrO3.Na/c10-6-3-1-5(2-4-6)7-8(13-7)9(11)12;/h1-4,7-8H,(H,11,12);/q;+1/p-1. The second-order valence-electron chi connectivity index (χ2n) is 2.85. The number of carbonyl (C=O) groups excluding carboxylic acids is 1. The smallest absolute Gasteiger partial charge is 0.547 e. The molecule has 0 amide bonds. The summed E-state index contributed by atoms with van der Waals surface area (Å²) in [5.41, 5.74) is 0.873. The van der Waals surface area contributed by atoms with Crippen LogP contribution in [0.5, 0.6) is 0 Å². The van der Waals surface area contributed by atoms with Crippen molar-refractivity contribution in [2.24, 2.45) is 0 Å². The first-order valence-electron chi connectivity index (χ1n) is 3.80. The van der Waals surface area contributed by atoms with E-state index in [9.17, 15) is 9.90 Å². The summed E-state index contributed by atoms with van der Waals surface area (Å²) in [5.74, 6) is -1.15. The SMILES string of the molecule is O=C([O-])C1OC1c1ccc(Br)cc1.[Na+]. The van der Waals surface area contributed by atoms with Gasteiger partial charge >= 0.3 is 29.6 Å². The number of benzene rings is 1. The molecule has 0 saturated carbocycles. The second kappa shape index (κ2) is 4.77. The number of epoxide rings is 1. The first kappa shape index (κ1) is 12.2. The Labute approximate surface area is 112 Å². The summed E-state index contributed by atoms with van der Waals surface area (Å²) in [7, 11) is 0. The Morgan fingerprint density at radius 3 is 2.36 bits per heavy atom. The van der Waals surface area contributed by atoms with Crippen molar-refractivity contribution in [3.05, 3.63) is 34.3 Å². The molecule has 5 heteroatoms. The molecule has 0 aromatic heterocycles. The van der Waals surface area contributed by atoms with E-state index in [0.29, 0.717) is 0 Å². The number of rotatable bonds is 2. The van der Waals surface area contributed by atoms with Crippen molar-refractivity contribution in [1.82, 2.24) is 0 Å². The Hall–Kier alpha value is 0.130. The fourth-order valence-electron chi connectivity index (χ4n) is 1.20. The summed E-state index contributed by atoms with van der Waals surface area (Å²) in [6.45, 7) is 0. The monoisotopic (exact) mass is 264 g/mol. The number of carboxylic acids is 1. The van der Waals surface area contributed by atoms with E-state index >= 15 is 0 Å². The number of carbonyl (C=O) groups is 1. The number of hydrogen-bond donors (Lipinski definition) is 0. The molecular weight excluding hydrogens is 259 g/mol. The van der Waals surface area contributed by atoms with Crippen molar-refractivity contribution in [3.8, 4) is 0 Å². The van der Waals surface area contributed by atoms with Crippen LogP contribution in [0.25, 0.3) is 0 Å². The Morgan fingerprint density at radius 1 is 1.36 bits per heavy atom. The van der Waals surface area contributed by atoms with E-state index in [1.165, 1.54) is 0 Å². The van der Waals surface area contributed by atoms with Crippen LogP contribution < -0.4 is 34.7 Å². The summed E-state index contributed by atoms with van der Waals surface area (Å²) >= 11 is 3.29. The molecule has 2 unspecified atom stereocenters. The van der Waals surface area contributed by atoms with Crippen molar-refractivity contribution in [2.75, 3.05) is 0 Å². The first-order chi connectivity index (χ1) is 6.18. The summed E-state index contributed by atoms with van der Waals surface area (Å²) in [5, 5.41) is 10.4. The maximum absolute atomic E-state index is 10.4. The van der Waals surface area contributed by atoms with E-state index in [2.05, 4.69) is 15.9 Å². The molecule has 0 aliphatic carbocycles. The quantitative estimate of drug-likeness (QED) is 0.444. The van der Waals surface area contributed by atoms with E-state index < -0.39 is 12.1 Å². The van der Waals surface area contributed by atoms with Gasteiger partial charge in [0, 0.05) is 4.47 Å². The molecule has 1 heterocycles. The summed E-state index contributed by atoms with van der Waals surface area (Å²) in [6, 6.07) is 7.36. The number of carboxylic acid groups (broad SMARTS) is 1. The van der Waals surface area contributed by atoms with E-state index in [1.54, 1.807) is 0 Å². The zero-order chi connectivity index (χ0) is 9.42. The molecule has 0 radical (unpaired) electrons. The molecule has 14 heavy (non-hydrogen) atoms. The minimum atomic E-state index is -1.15. The van der Waals surface area contributed by atoms with Crippen molar-refractivity contribution in [1.29, 1.82) is 0 Å². The Kier molecular flexibility index (Phi) is 4.15. The second-order valence-corrected chi connectivity index (χ2v) is 3.76. The maximum Gasteiger partial charge on any atom is 1.00 e. The predicted octanol–water partition coefficient (Wildman–Crippen LogP) is -2.36. The Bertz CT molecular complexity index is 338. The van der Waals surface area contributed by atoms with Crippen molar-refractivity contribution in [2.45, 2.75) is 12.2 Å². The maximum atomic E-state index is 10.4. The molecule has 0 bridgehead atoms. The fraction of sp³-hybridized carbons (Fsp3) is 0.222. The molecular formula is C9H6BrNaO3. The van der Waals surface area contributed by atoms with E-state index in [4.69, 9.17) is 4.74 Å². The normalized spacial score (nSPS) is 23.8. The Morgan fingerprint density at radius 2 is 1.93 bits per heavy atom. The van der Waals surface area contributed by atoms with Crippen LogP contribution in [0.1, 0.15) is 11.7 Å². The zero-order valence-electron chi connectivity index (χ0n) is 7.57. The first-order valence-corrected chi connectivity index (χ1v) is 4.59. The molecule has 1 saturated heterocycles. The zero-order valence-corrected chi connectivity index (χ0v) is 11.2. The van der Waals surface area contributed by atoms with Crippen LogP contribution in [0, 0.1) is 0 Å². The fourth-order valence-corrected chi connectivity index (χ4v) is 1.46. The molecule has 68 valence electrons. The van der Waals surface area contributed by atoms with Gasteiger partial charge < -0.3 is 14.6 Å². The van der Waals surface area contributed by atoms with Gasteiger partial charge in [-0.1, -0.05) is 28.1 Å². The third-order valence-corrected chi connectivity index (χ3v) is 2.45. The van der Waals surface area contributed by atoms with Crippen LogP contribution in [0.3, 0.4) is 0 Å². The molecule has 1 aliphatic rings. The number of hydrogen-bond acceptors (Lipinski definition) is 3. The van der Waals surface area contributed by atoms with Crippen LogP contribution in [0.4, 0.5) is 0 Å². The van der Waals surface area contributed by atoms with Crippen LogP contribution >= 0.6 is 15.9 Å². The van der Waals surface area contributed by atoms with Gasteiger partial charge in [-0.3, -0.25) is 0 Å². The Balaban J connectivity index is 0.000000980. The third-order valence-electron chi connectivity index (χ3n) is 1.92. The molecule has 3 nitrogen and oxygen atoms in total. The van der Waals surface area contributed by atoms with Gasteiger partial charge in [-0.25, -0.2) is 0 Å². The van der Waals surface area contributed by atoms with Gasteiger partial charge in [-0.15, -0.1) is 0 Å². The molecule has 0 N–H and O–H groups in total. The van der Waals surface area contributed by atoms with E-state index in [0.717, 1.165) is 10.0 Å². The summed E-state index contributed by atoms with van der Waals surface area (Å²) in [4.78, 5) is 10.4. The van der Waals surface area contributed by atoms with Gasteiger partial charge in [-0.05, 0) is 17.7 Å². The molecule has 1 aromatic carbocycles. The largest absolute Gasteiger partial charge is 1.00 e. The van der Waals surface area contributed by atoms with Crippen LogP contribution in [-0.2, 0) is 9.53 Å². The topological polar surface area (TPSA) is 52.7 Å². The van der Waals surface area contributed by atoms with Gasteiger partial charge in [0.25, 0.3) is 0 Å². The van der Waals surface area contributed by atoms with Crippen LogP contribution in [0.2, 0.25) is 0 Å². The number of aliphatic carboxylic acids is 1. The molecule has 1 aliphatic heterocycles. The van der Waals surface area contributed by atoms with Gasteiger partial charge in [0.05, 0.1) is 5.97 Å². The molecule has 1 aromatic rings. The van der Waals surface area contributed by atoms with Gasteiger partial charge in [0.2, 0.25) is 0 Å². The van der Waals surface area contributed by atoms with E-state index in [1.807, 2.05) is 24.3 Å².